The Bertz CT molecular complexity index is 4270. The van der Waals surface area contributed by atoms with Crippen molar-refractivity contribution in [3.05, 3.63) is 485 Å². The maximum atomic E-state index is 3.69. The fourth-order valence-electron chi connectivity index (χ4n) is 11.9. The molecule has 0 aliphatic heterocycles. The van der Waals surface area contributed by atoms with E-state index in [2.05, 4.69) is 531 Å². The Morgan fingerprint density at radius 3 is 0.193 bits per heavy atom. The molecule has 0 spiro atoms. The van der Waals surface area contributed by atoms with E-state index in [1.54, 1.807) is 0 Å². The van der Waals surface area contributed by atoms with Crippen molar-refractivity contribution in [2.45, 2.75) is 0 Å². The van der Waals surface area contributed by atoms with Gasteiger partial charge in [-0.05, 0) is 84.9 Å². The molecule has 0 radical (unpaired) electrons. The summed E-state index contributed by atoms with van der Waals surface area (Å²) >= 11 is 0. The molecular formula is C104H80P8Pt2. The molecule has 0 aliphatic carbocycles. The predicted octanol–water partition coefficient (Wildman–Crippen LogP) is 20.7. The van der Waals surface area contributed by atoms with Gasteiger partial charge >= 0.3 is 0 Å². The van der Waals surface area contributed by atoms with Crippen LogP contribution >= 0.6 is 63.4 Å². The van der Waals surface area contributed by atoms with Crippen molar-refractivity contribution in [2.75, 3.05) is 0 Å². The van der Waals surface area contributed by atoms with Gasteiger partial charge in [0.15, 0.2) is 0 Å². The summed E-state index contributed by atoms with van der Waals surface area (Å²) in [5.74, 6) is 0. The molecule has 10 heteroatoms. The Morgan fingerprint density at radius 1 is 0.0877 bits per heavy atom. The van der Waals surface area contributed by atoms with Crippen LogP contribution in [0.4, 0.5) is 0 Å². The van der Waals surface area contributed by atoms with E-state index < -0.39 is 63.4 Å². The van der Waals surface area contributed by atoms with E-state index in [4.69, 9.17) is 0 Å². The minimum absolute atomic E-state index is 0. The summed E-state index contributed by atoms with van der Waals surface area (Å²) in [5.41, 5.74) is 29.5. The number of rotatable bonds is 16. The molecule has 114 heavy (non-hydrogen) atoms. The van der Waals surface area contributed by atoms with Crippen LogP contribution < -0.4 is 84.9 Å². The van der Waals surface area contributed by atoms with Crippen LogP contribution in [0.15, 0.2) is 485 Å². The molecule has 16 aromatic carbocycles. The molecule has 16 rings (SSSR count). The van der Waals surface area contributed by atoms with Gasteiger partial charge in [-0.3, -0.25) is 0 Å². The fourth-order valence-corrected chi connectivity index (χ4v) is 27.0. The third-order valence-corrected chi connectivity index (χ3v) is 33.7. The largest absolute Gasteiger partial charge is 0.0622 e. The van der Waals surface area contributed by atoms with Gasteiger partial charge in [-0.15, -0.1) is 0 Å². The summed E-state index contributed by atoms with van der Waals surface area (Å²) in [6, 6.07) is 171. The zero-order valence-electron chi connectivity index (χ0n) is 62.4. The molecule has 0 amide bonds. The number of benzene rings is 16. The average Bonchev–Trinajstić information content (AvgIpc) is 0.845. The van der Waals surface area contributed by atoms with Crippen molar-refractivity contribution >= 4 is 148 Å². The first-order chi connectivity index (χ1) is 55.7. The molecule has 0 heterocycles. The minimum atomic E-state index is -0.709. The van der Waals surface area contributed by atoms with Gasteiger partial charge in [-0.2, -0.15) is 0 Å². The molecule has 0 aliphatic rings. The summed E-state index contributed by atoms with van der Waals surface area (Å²) in [4.78, 5) is 0. The van der Waals surface area contributed by atoms with Crippen molar-refractivity contribution in [2.24, 2.45) is 0 Å². The maximum Gasteiger partial charge on any atom is 0.0348 e. The van der Waals surface area contributed by atoms with Crippen LogP contribution in [0.1, 0.15) is 0 Å². The smallest absolute Gasteiger partial charge is 0.0348 e. The van der Waals surface area contributed by atoms with Gasteiger partial charge in [0.1, 0.15) is 0 Å². The Balaban J connectivity index is 0.000000149. The number of hydrogen-bond donors (Lipinski definition) is 0. The zero-order chi connectivity index (χ0) is 76.1. The second-order valence-corrected chi connectivity index (χ2v) is 40.4. The predicted molar refractivity (Wildman–Crippen MR) is 504 cm³/mol. The zero-order valence-corrected chi connectivity index (χ0v) is 74.1. The van der Waals surface area contributed by atoms with Crippen LogP contribution in [-0.4, -0.2) is 0 Å². The van der Waals surface area contributed by atoms with E-state index in [0.29, 0.717) is 0 Å². The van der Waals surface area contributed by atoms with Crippen LogP contribution in [-0.2, 0) is 42.1 Å². The third kappa shape index (κ3) is 25.8. The van der Waals surface area contributed by atoms with Crippen LogP contribution in [0, 0.1) is 45.3 Å². The van der Waals surface area contributed by atoms with Gasteiger partial charge in [-0.1, -0.05) is 531 Å². The molecule has 0 N–H and O–H groups in total. The molecule has 0 unspecified atom stereocenters. The molecule has 0 atom stereocenters. The summed E-state index contributed by atoms with van der Waals surface area (Å²) in [6.07, 6.45) is 0. The van der Waals surface area contributed by atoms with Crippen LogP contribution in [0.2, 0.25) is 0 Å². The molecule has 0 aromatic heterocycles. The van der Waals surface area contributed by atoms with Crippen molar-refractivity contribution in [1.82, 2.24) is 0 Å². The molecule has 0 saturated heterocycles. The molecule has 0 nitrogen and oxygen atoms in total. The van der Waals surface area contributed by atoms with Crippen LogP contribution in [0.5, 0.6) is 0 Å². The van der Waals surface area contributed by atoms with Crippen molar-refractivity contribution in [3.8, 4) is 45.3 Å². The first kappa shape index (κ1) is 85.5. The summed E-state index contributed by atoms with van der Waals surface area (Å²) in [6.45, 7) is 0. The van der Waals surface area contributed by atoms with Gasteiger partial charge in [0.2, 0.25) is 0 Å². The molecule has 556 valence electrons. The second-order valence-electron chi connectivity index (χ2n) is 24.9. The van der Waals surface area contributed by atoms with Gasteiger partial charge in [0, 0.05) is 106 Å². The monoisotopic (exact) mass is 1970 g/mol. The van der Waals surface area contributed by atoms with E-state index in [0.717, 1.165) is 0 Å². The van der Waals surface area contributed by atoms with Gasteiger partial charge < -0.3 is 0 Å². The standard InChI is InChI=1S/4C26H20P2.2Pt/c4*1-5-13-23(14-6-1)27(24-15-7-2-8-16-24)21-22-28(25-17-9-3-10-18-25)26-19-11-4-12-20-26;;/h4*1-20H;;. The quantitative estimate of drug-likeness (QED) is 0.0668. The molecule has 16 aromatic rings. The van der Waals surface area contributed by atoms with E-state index >= 15 is 0 Å². The molecule has 0 fully saturated rings. The van der Waals surface area contributed by atoms with Gasteiger partial charge in [0.25, 0.3) is 0 Å². The Labute approximate surface area is 714 Å². The average molecular weight is 1970 g/mol. The minimum Gasteiger partial charge on any atom is -0.0622 e. The van der Waals surface area contributed by atoms with Crippen LogP contribution in [0.3, 0.4) is 0 Å². The number of hydrogen-bond acceptors (Lipinski definition) is 0. The van der Waals surface area contributed by atoms with E-state index in [1.165, 1.54) is 84.9 Å². The Morgan fingerprint density at radius 2 is 0.140 bits per heavy atom. The van der Waals surface area contributed by atoms with Crippen molar-refractivity contribution < 1.29 is 42.1 Å². The van der Waals surface area contributed by atoms with Crippen LogP contribution in [0.25, 0.3) is 0 Å². The van der Waals surface area contributed by atoms with E-state index in [9.17, 15) is 0 Å². The first-order valence-corrected chi connectivity index (χ1v) is 47.7. The SMILES string of the molecule is C(#CP(c1ccccc1)c1ccccc1)P(c1ccccc1)c1ccccc1.C(#CP(c1ccccc1)c1ccccc1)P(c1ccccc1)c1ccccc1.C(#CP(c1ccccc1)c1ccccc1)P(c1ccccc1)c1ccccc1.C(#CP(c1ccccc1)c1ccccc1)P(c1ccccc1)c1ccccc1.[Pt].[Pt]. The summed E-state index contributed by atoms with van der Waals surface area (Å²) in [5, 5.41) is 20.8. The Kier molecular flexibility index (Phi) is 36.0. The maximum absolute atomic E-state index is 3.69. The fraction of sp³-hybridized carbons (Fsp3) is 0. The van der Waals surface area contributed by atoms with Crippen molar-refractivity contribution in [3.63, 3.8) is 0 Å². The first-order valence-electron chi connectivity index (χ1n) is 36.9. The Hall–Kier alpha value is -9.42. The molecule has 0 saturated carbocycles. The molecular weight excluding hydrogens is 1890 g/mol. The third-order valence-electron chi connectivity index (χ3n) is 17.3. The topological polar surface area (TPSA) is 0 Å². The van der Waals surface area contributed by atoms with Gasteiger partial charge in [-0.25, -0.2) is 0 Å². The second kappa shape index (κ2) is 48.1. The van der Waals surface area contributed by atoms with E-state index in [1.807, 2.05) is 0 Å². The summed E-state index contributed by atoms with van der Waals surface area (Å²) in [7, 11) is -5.67. The van der Waals surface area contributed by atoms with E-state index in [-0.39, 0.29) is 42.1 Å². The summed E-state index contributed by atoms with van der Waals surface area (Å²) < 4.78 is 0. The van der Waals surface area contributed by atoms with Gasteiger partial charge in [0.05, 0.1) is 0 Å². The van der Waals surface area contributed by atoms with Crippen molar-refractivity contribution in [1.29, 1.82) is 0 Å². The normalized spacial score (nSPS) is 10.3. The molecule has 0 bridgehead atoms.